The van der Waals surface area contributed by atoms with Crippen LogP contribution in [0.2, 0.25) is 5.02 Å². The zero-order valence-corrected chi connectivity index (χ0v) is 15.2. The Bertz CT molecular complexity index is 932. The number of benzene rings is 1. The average molecular weight is 398 g/mol. The number of halogens is 4. The largest absolute Gasteiger partial charge is 0.418 e. The molecule has 3 heterocycles. The van der Waals surface area contributed by atoms with Crippen molar-refractivity contribution in [2.24, 2.45) is 0 Å². The van der Waals surface area contributed by atoms with Gasteiger partial charge >= 0.3 is 6.18 Å². The molecule has 2 aromatic heterocycles. The normalized spacial score (nSPS) is 14.6. The minimum atomic E-state index is -4.52. The molecule has 8 heteroatoms. The molecule has 1 aliphatic heterocycles. The highest BCUT2D eigenvalue weighted by atomic mass is 35.5. The molecule has 136 valence electrons. The lowest BCUT2D eigenvalue weighted by atomic mass is 10.1. The molecular weight excluding hydrogens is 383 g/mol. The lowest BCUT2D eigenvalue weighted by molar-refractivity contribution is -0.137. The van der Waals surface area contributed by atoms with E-state index in [-0.39, 0.29) is 10.7 Å². The number of nitrogens with zero attached hydrogens (tertiary/aromatic N) is 2. The third-order valence-electron chi connectivity index (χ3n) is 4.38. The summed E-state index contributed by atoms with van der Waals surface area (Å²) >= 11 is 7.35. The van der Waals surface area contributed by atoms with Crippen LogP contribution in [-0.2, 0) is 12.6 Å². The third kappa shape index (κ3) is 3.10. The summed E-state index contributed by atoms with van der Waals surface area (Å²) in [4.78, 5) is 0.950. The van der Waals surface area contributed by atoms with Crippen molar-refractivity contribution >= 4 is 28.8 Å². The molecule has 1 aromatic carbocycles. The zero-order chi connectivity index (χ0) is 18.3. The fourth-order valence-electron chi connectivity index (χ4n) is 3.21. The van der Waals surface area contributed by atoms with Crippen LogP contribution in [0, 0.1) is 0 Å². The van der Waals surface area contributed by atoms with Crippen LogP contribution in [0.3, 0.4) is 0 Å². The van der Waals surface area contributed by atoms with Crippen molar-refractivity contribution in [3.63, 3.8) is 0 Å². The van der Waals surface area contributed by atoms with E-state index >= 15 is 0 Å². The molecule has 1 aliphatic rings. The van der Waals surface area contributed by atoms with E-state index in [1.54, 1.807) is 0 Å². The van der Waals surface area contributed by atoms with Crippen LogP contribution >= 0.6 is 22.9 Å². The first kappa shape index (κ1) is 17.4. The summed E-state index contributed by atoms with van der Waals surface area (Å²) in [5, 5.41) is 9.83. The summed E-state index contributed by atoms with van der Waals surface area (Å²) in [6, 6.07) is 7.64. The van der Waals surface area contributed by atoms with Crippen LogP contribution in [0.5, 0.6) is 0 Å². The van der Waals surface area contributed by atoms with Crippen molar-refractivity contribution in [3.8, 4) is 16.3 Å². The monoisotopic (exact) mass is 397 g/mol. The molecule has 0 unspecified atom stereocenters. The maximum atomic E-state index is 13.6. The number of aromatic nitrogens is 2. The van der Waals surface area contributed by atoms with Gasteiger partial charge in [0.2, 0.25) is 0 Å². The van der Waals surface area contributed by atoms with E-state index < -0.39 is 11.7 Å². The molecule has 26 heavy (non-hydrogen) atoms. The molecule has 0 aliphatic carbocycles. The Kier molecular flexibility index (Phi) is 4.44. The molecular formula is C18H15ClF3N3S. The number of nitrogens with one attached hydrogen (secondary N) is 1. The molecule has 0 spiro atoms. The van der Waals surface area contributed by atoms with Crippen molar-refractivity contribution in [2.45, 2.75) is 25.4 Å². The van der Waals surface area contributed by atoms with Crippen LogP contribution in [0.25, 0.3) is 16.3 Å². The maximum Gasteiger partial charge on any atom is 0.418 e. The van der Waals surface area contributed by atoms with Gasteiger partial charge in [-0.2, -0.15) is 18.3 Å². The van der Waals surface area contributed by atoms with E-state index in [1.165, 1.54) is 28.2 Å². The van der Waals surface area contributed by atoms with Gasteiger partial charge in [0, 0.05) is 17.1 Å². The fraction of sp³-hybridized carbons (Fsp3) is 0.278. The zero-order valence-electron chi connectivity index (χ0n) is 13.6. The molecule has 0 bridgehead atoms. The first-order valence-corrected chi connectivity index (χ1v) is 9.47. The highest BCUT2D eigenvalue weighted by molar-refractivity contribution is 7.13. The Balaban J connectivity index is 1.96. The molecule has 4 rings (SSSR count). The topological polar surface area (TPSA) is 29.9 Å². The molecule has 0 fully saturated rings. The lowest BCUT2D eigenvalue weighted by Crippen LogP contribution is -2.14. The Hall–Kier alpha value is -1.99. The summed E-state index contributed by atoms with van der Waals surface area (Å²) in [6.45, 7) is 0.706. The Labute approximate surface area is 157 Å². The molecule has 0 radical (unpaired) electrons. The SMILES string of the molecule is FC(F)(F)c1cc(Cl)ccc1-n1nc(-c2cccs2)c2c1NCCCC2. The standard InChI is InChI=1S/C18H15ClF3N3S/c19-11-6-7-14(13(10-11)18(20,21)22)25-17-12(4-1-2-8-23-17)16(24-25)15-5-3-9-26-15/h3,5-7,9-10,23H,1-2,4,8H2. The van der Waals surface area contributed by atoms with Crippen LogP contribution in [0.4, 0.5) is 19.0 Å². The molecule has 0 saturated carbocycles. The first-order chi connectivity index (χ1) is 12.4. The van der Waals surface area contributed by atoms with Crippen LogP contribution in [0.15, 0.2) is 35.7 Å². The van der Waals surface area contributed by atoms with E-state index in [9.17, 15) is 13.2 Å². The van der Waals surface area contributed by atoms with Gasteiger partial charge in [0.25, 0.3) is 0 Å². The predicted molar refractivity (Wildman–Crippen MR) is 98.3 cm³/mol. The molecule has 0 atom stereocenters. The quantitative estimate of drug-likeness (QED) is 0.573. The number of fused-ring (bicyclic) bond motifs is 1. The van der Waals surface area contributed by atoms with Crippen molar-refractivity contribution in [1.82, 2.24) is 9.78 Å². The Morgan fingerprint density at radius 3 is 2.77 bits per heavy atom. The molecule has 0 saturated heterocycles. The second-order valence-corrected chi connectivity index (χ2v) is 7.49. The predicted octanol–water partition coefficient (Wildman–Crippen LogP) is 6.02. The first-order valence-electron chi connectivity index (χ1n) is 8.22. The van der Waals surface area contributed by atoms with Gasteiger partial charge < -0.3 is 5.32 Å². The number of hydrogen-bond donors (Lipinski definition) is 1. The minimum absolute atomic E-state index is 0.0182. The van der Waals surface area contributed by atoms with Crippen molar-refractivity contribution in [2.75, 3.05) is 11.9 Å². The lowest BCUT2D eigenvalue weighted by Gasteiger charge is -2.16. The van der Waals surface area contributed by atoms with Crippen LogP contribution in [-0.4, -0.2) is 16.3 Å². The fourth-order valence-corrected chi connectivity index (χ4v) is 4.12. The van der Waals surface area contributed by atoms with E-state index in [1.807, 2.05) is 17.5 Å². The van der Waals surface area contributed by atoms with Crippen molar-refractivity contribution < 1.29 is 13.2 Å². The number of alkyl halides is 3. The van der Waals surface area contributed by atoms with Crippen molar-refractivity contribution in [1.29, 1.82) is 0 Å². The summed E-state index contributed by atoms with van der Waals surface area (Å²) < 4.78 is 42.1. The minimum Gasteiger partial charge on any atom is -0.370 e. The Morgan fingerprint density at radius 2 is 2.04 bits per heavy atom. The maximum absolute atomic E-state index is 13.6. The molecule has 3 aromatic rings. The smallest absolute Gasteiger partial charge is 0.370 e. The van der Waals surface area contributed by atoms with E-state index in [2.05, 4.69) is 10.4 Å². The van der Waals surface area contributed by atoms with Gasteiger partial charge in [0.15, 0.2) is 0 Å². The number of thiophene rings is 1. The van der Waals surface area contributed by atoms with Crippen LogP contribution < -0.4 is 5.32 Å². The highest BCUT2D eigenvalue weighted by Gasteiger charge is 2.36. The second kappa shape index (κ2) is 6.63. The average Bonchev–Trinajstić information content (AvgIpc) is 3.16. The van der Waals surface area contributed by atoms with Gasteiger partial charge in [-0.25, -0.2) is 4.68 Å². The summed E-state index contributed by atoms with van der Waals surface area (Å²) in [5.74, 6) is 0.638. The second-order valence-electron chi connectivity index (χ2n) is 6.11. The van der Waals surface area contributed by atoms with Crippen molar-refractivity contribution in [3.05, 3.63) is 51.9 Å². The van der Waals surface area contributed by atoms with Gasteiger partial charge in [-0.3, -0.25) is 0 Å². The summed E-state index contributed by atoms with van der Waals surface area (Å²) in [7, 11) is 0. The van der Waals surface area contributed by atoms with Gasteiger partial charge in [0.05, 0.1) is 16.1 Å². The molecule has 0 amide bonds. The van der Waals surface area contributed by atoms with Gasteiger partial charge in [0.1, 0.15) is 11.5 Å². The van der Waals surface area contributed by atoms with E-state index in [4.69, 9.17) is 11.6 Å². The number of anilines is 1. The van der Waals surface area contributed by atoms with Gasteiger partial charge in [-0.15, -0.1) is 11.3 Å². The number of rotatable bonds is 2. The van der Waals surface area contributed by atoms with E-state index in [0.29, 0.717) is 12.4 Å². The van der Waals surface area contributed by atoms with Gasteiger partial charge in [-0.1, -0.05) is 17.7 Å². The highest BCUT2D eigenvalue weighted by Crippen LogP contribution is 2.40. The summed E-state index contributed by atoms with van der Waals surface area (Å²) in [5.41, 5.74) is 0.898. The third-order valence-corrected chi connectivity index (χ3v) is 5.49. The molecule has 1 N–H and O–H groups in total. The number of hydrogen-bond acceptors (Lipinski definition) is 3. The van der Waals surface area contributed by atoms with Crippen LogP contribution in [0.1, 0.15) is 24.0 Å². The summed E-state index contributed by atoms with van der Waals surface area (Å²) in [6.07, 6.45) is -1.81. The van der Waals surface area contributed by atoms with Gasteiger partial charge in [-0.05, 0) is 48.9 Å². The Morgan fingerprint density at radius 1 is 1.19 bits per heavy atom. The van der Waals surface area contributed by atoms with E-state index in [0.717, 1.165) is 41.5 Å². The molecule has 3 nitrogen and oxygen atoms in total.